The van der Waals surface area contributed by atoms with E-state index in [0.29, 0.717) is 55.5 Å². The number of carbonyl (C=O) groups excluding carboxylic acids is 8. The number of ketones is 2. The maximum Gasteiger partial charge on any atom is 0.261 e. The smallest absolute Gasteiger partial charge is 0.261 e. The SMILES string of the molecule is [2H]C([2H])(Oc1cc2c(cc1C)C(=O)N1c3ccccc3C[C@H]1CN2)c1cc(NC(=O)C(C)CC(=O)C(C)NC(=O)CCCCC(=O)CCCN2C(=O)C=CC2=O)cc(C([2H])([2H])Oc2cc3c(cc2OC)C(=O)N2c4ccccc4C[C@H]2C=N3)c1. The fourth-order valence-corrected chi connectivity index (χ4v) is 10.6. The number of fused-ring (bicyclic) bond motifs is 8. The summed E-state index contributed by atoms with van der Waals surface area (Å²) in [6.07, 6.45) is 6.45. The monoisotopic (exact) mass is 1090 g/mol. The second kappa shape index (κ2) is 23.6. The molecule has 0 bridgehead atoms. The number of nitrogens with zero attached hydrogens (tertiary/aromatic N) is 4. The molecular weight excluding hydrogens is 1020 g/mol. The zero-order valence-corrected chi connectivity index (χ0v) is 44.8. The van der Waals surface area contributed by atoms with E-state index in [9.17, 15) is 43.8 Å². The van der Waals surface area contributed by atoms with Crippen molar-refractivity contribution in [1.82, 2.24) is 10.2 Å². The van der Waals surface area contributed by atoms with Crippen LogP contribution in [0.15, 0.2) is 108 Å². The molecule has 5 aromatic rings. The van der Waals surface area contributed by atoms with Crippen molar-refractivity contribution in [3.8, 4) is 17.2 Å². The van der Waals surface area contributed by atoms with Crippen molar-refractivity contribution in [1.29, 1.82) is 0 Å². The molecule has 0 aromatic heterocycles. The van der Waals surface area contributed by atoms with Gasteiger partial charge in [0.05, 0.1) is 53.2 Å². The number of rotatable bonds is 22. The minimum Gasteiger partial charge on any atom is -0.493 e. The lowest BCUT2D eigenvalue weighted by Crippen LogP contribution is -2.39. The Labute approximate surface area is 469 Å². The molecule has 18 nitrogen and oxygen atoms in total. The highest BCUT2D eigenvalue weighted by Crippen LogP contribution is 2.42. The summed E-state index contributed by atoms with van der Waals surface area (Å²) in [7, 11) is 1.34. The van der Waals surface area contributed by atoms with Crippen LogP contribution in [0.2, 0.25) is 0 Å². The molecule has 412 valence electrons. The van der Waals surface area contributed by atoms with Gasteiger partial charge in [-0.05, 0) is 110 Å². The number of Topliss-reactive ketones (excluding diaryl/α,β-unsaturated/α-hetero) is 2. The normalized spacial score (nSPS) is 18.3. The van der Waals surface area contributed by atoms with Crippen molar-refractivity contribution in [3.63, 3.8) is 0 Å². The Hall–Kier alpha value is -8.93. The van der Waals surface area contributed by atoms with Crippen LogP contribution in [0.1, 0.15) is 113 Å². The third-order valence-electron chi connectivity index (χ3n) is 14.9. The van der Waals surface area contributed by atoms with E-state index < -0.39 is 54.5 Å². The van der Waals surface area contributed by atoms with Gasteiger partial charge >= 0.3 is 0 Å². The van der Waals surface area contributed by atoms with Gasteiger partial charge in [0.1, 0.15) is 24.7 Å². The maximum atomic E-state index is 14.2. The summed E-state index contributed by atoms with van der Waals surface area (Å²) in [4.78, 5) is 114. The first-order chi connectivity index (χ1) is 40.1. The number of hydrogen-bond acceptors (Lipinski definition) is 13. The summed E-state index contributed by atoms with van der Waals surface area (Å²) < 4.78 is 55.6. The van der Waals surface area contributed by atoms with Crippen molar-refractivity contribution in [2.75, 3.05) is 40.6 Å². The van der Waals surface area contributed by atoms with Crippen molar-refractivity contribution < 1.29 is 58.0 Å². The third kappa shape index (κ3) is 11.7. The van der Waals surface area contributed by atoms with E-state index in [1.165, 1.54) is 63.4 Å². The topological polar surface area (TPSA) is 222 Å². The molecule has 10 rings (SSSR count). The molecule has 4 atom stereocenters. The maximum absolute atomic E-state index is 14.2. The lowest BCUT2D eigenvalue weighted by Gasteiger charge is -2.22. The average molecular weight is 1090 g/mol. The molecule has 0 fully saturated rings. The summed E-state index contributed by atoms with van der Waals surface area (Å²) >= 11 is 0. The summed E-state index contributed by atoms with van der Waals surface area (Å²) in [5.41, 5.74) is 4.64. The summed E-state index contributed by atoms with van der Waals surface area (Å²) in [5, 5.41) is 8.74. The van der Waals surface area contributed by atoms with Crippen molar-refractivity contribution in [3.05, 3.63) is 142 Å². The highest BCUT2D eigenvalue weighted by atomic mass is 16.5. The van der Waals surface area contributed by atoms with Crippen molar-refractivity contribution in [2.24, 2.45) is 10.9 Å². The Bertz CT molecular complexity index is 3590. The predicted molar refractivity (Wildman–Crippen MR) is 301 cm³/mol. The second-order valence-electron chi connectivity index (χ2n) is 20.6. The minimum atomic E-state index is -2.82. The van der Waals surface area contributed by atoms with Gasteiger partial charge in [-0.2, -0.15) is 0 Å². The molecule has 5 aliphatic heterocycles. The Kier molecular flexibility index (Phi) is 14.6. The molecule has 5 aromatic carbocycles. The average Bonchev–Trinajstić information content (AvgIpc) is 3.08. The van der Waals surface area contributed by atoms with Crippen LogP contribution in [0.25, 0.3) is 0 Å². The molecule has 0 aliphatic carbocycles. The standard InChI is InChI=1S/C62H63N7O11/c1-36-22-47-49(63-32-44-27-41-12-5-8-16-51(41)68(44)61(47)76)30-54(36)79-34-39-24-40(35-80-56-31-50-48(29-55(56)78-4)62(77)69-45(33-64-50)28-42-13-6-9-17-52(42)69)26-43(25-39)66-60(75)37(2)23-53(71)38(3)65-57(72)18-10-7-14-46(70)15-11-21-67-58(73)19-20-59(67)74/h5-6,8-9,12-13,16-17,19-20,22,24-26,29-31,33,37-38,44-45,63H,7,10-11,14-15,18,21,23,27-28,32,34-35H2,1-4H3,(H,65,72)(H,66,75)/t37?,38?,44-,45-/m0/s1/i34D2,35D2. The van der Waals surface area contributed by atoms with Crippen LogP contribution in [-0.4, -0.2) is 96.4 Å². The van der Waals surface area contributed by atoms with Gasteiger partial charge < -0.3 is 35.1 Å². The van der Waals surface area contributed by atoms with Crippen LogP contribution < -0.4 is 40.0 Å². The Morgan fingerprint density at radius 2 is 1.40 bits per heavy atom. The van der Waals surface area contributed by atoms with Gasteiger partial charge in [-0.15, -0.1) is 0 Å². The molecule has 0 spiro atoms. The summed E-state index contributed by atoms with van der Waals surface area (Å²) in [5.74, 6) is -4.09. The lowest BCUT2D eigenvalue weighted by molar-refractivity contribution is -0.137. The number of aliphatic imine (C=N–C) groups is 1. The number of para-hydroxylation sites is 2. The molecule has 0 saturated heterocycles. The van der Waals surface area contributed by atoms with Crippen LogP contribution >= 0.6 is 0 Å². The van der Waals surface area contributed by atoms with E-state index in [0.717, 1.165) is 27.4 Å². The van der Waals surface area contributed by atoms with Gasteiger partial charge in [-0.3, -0.25) is 53.1 Å². The number of hydrogen-bond donors (Lipinski definition) is 3. The van der Waals surface area contributed by atoms with Crippen LogP contribution in [0, 0.1) is 12.8 Å². The van der Waals surface area contributed by atoms with Crippen LogP contribution in [0.5, 0.6) is 17.2 Å². The quantitative estimate of drug-likeness (QED) is 0.0440. The molecule has 3 N–H and O–H groups in total. The molecule has 5 aliphatic rings. The number of aryl methyl sites for hydroxylation is 1. The third-order valence-corrected chi connectivity index (χ3v) is 14.9. The van der Waals surface area contributed by atoms with Crippen LogP contribution in [-0.2, 0) is 54.7 Å². The van der Waals surface area contributed by atoms with Gasteiger partial charge in [0, 0.05) is 98.7 Å². The Morgan fingerprint density at radius 3 is 2.12 bits per heavy atom. The minimum absolute atomic E-state index is 0.000891. The fourth-order valence-electron chi connectivity index (χ4n) is 10.6. The second-order valence-corrected chi connectivity index (χ2v) is 20.6. The number of benzene rings is 5. The zero-order valence-electron chi connectivity index (χ0n) is 48.8. The van der Waals surface area contributed by atoms with Gasteiger partial charge in [-0.25, -0.2) is 0 Å². The van der Waals surface area contributed by atoms with Gasteiger partial charge in [0.2, 0.25) is 11.8 Å². The van der Waals surface area contributed by atoms with E-state index in [2.05, 4.69) is 20.9 Å². The number of methoxy groups -OCH3 is 1. The Balaban J connectivity index is 0.850. The first-order valence-corrected chi connectivity index (χ1v) is 26.8. The number of ether oxygens (including phenoxy) is 3. The lowest BCUT2D eigenvalue weighted by atomic mass is 9.99. The first kappa shape index (κ1) is 49.4. The Morgan fingerprint density at radius 1 is 0.750 bits per heavy atom. The highest BCUT2D eigenvalue weighted by molar-refractivity contribution is 6.15. The fraction of sp³-hybridized carbons (Fsp3) is 0.339. The van der Waals surface area contributed by atoms with Gasteiger partial charge in [-0.1, -0.05) is 43.3 Å². The van der Waals surface area contributed by atoms with E-state index in [1.807, 2.05) is 48.5 Å². The van der Waals surface area contributed by atoms with Gasteiger partial charge in [0.15, 0.2) is 17.3 Å². The molecule has 0 saturated carbocycles. The number of anilines is 4. The molecule has 18 heteroatoms. The van der Waals surface area contributed by atoms with Crippen molar-refractivity contribution in [2.45, 2.75) is 110 Å². The summed E-state index contributed by atoms with van der Waals surface area (Å²) in [6, 6.07) is 23.6. The number of nitrogens with one attached hydrogen (secondary N) is 3. The van der Waals surface area contributed by atoms with E-state index in [1.54, 1.807) is 35.1 Å². The highest BCUT2D eigenvalue weighted by Gasteiger charge is 2.39. The number of carbonyl (C=O) groups is 8. The number of amides is 6. The van der Waals surface area contributed by atoms with E-state index in [4.69, 9.17) is 14.2 Å². The molecule has 80 heavy (non-hydrogen) atoms. The molecule has 6 amide bonds. The molecule has 0 radical (unpaired) electrons. The van der Waals surface area contributed by atoms with E-state index >= 15 is 0 Å². The molecular formula is C62H63N7O11. The van der Waals surface area contributed by atoms with Crippen molar-refractivity contribution >= 4 is 81.7 Å². The zero-order chi connectivity index (χ0) is 59.8. The summed E-state index contributed by atoms with van der Waals surface area (Å²) in [6.45, 7) is -0.343. The number of imide groups is 1. The van der Waals surface area contributed by atoms with Crippen LogP contribution in [0.3, 0.4) is 0 Å². The van der Waals surface area contributed by atoms with E-state index in [-0.39, 0.29) is 107 Å². The predicted octanol–water partition coefficient (Wildman–Crippen LogP) is 8.32. The van der Waals surface area contributed by atoms with Gasteiger partial charge in [0.25, 0.3) is 23.6 Å². The largest absolute Gasteiger partial charge is 0.493 e. The molecule has 5 heterocycles. The first-order valence-electron chi connectivity index (χ1n) is 28.8. The number of unbranched alkanes of at least 4 members (excludes halogenated alkanes) is 1. The molecule has 2 unspecified atom stereocenters. The van der Waals surface area contributed by atoms with Crippen LogP contribution in [0.4, 0.5) is 28.4 Å².